The fraction of sp³-hybridized carbons (Fsp3) is 0.562. The third-order valence-corrected chi connectivity index (χ3v) is 3.76. The summed E-state index contributed by atoms with van der Waals surface area (Å²) in [6.45, 7) is 4.11. The van der Waals surface area contributed by atoms with Crippen molar-refractivity contribution in [3.8, 4) is 0 Å². The number of anilines is 1. The number of nitrogens with one attached hydrogen (secondary N) is 2. The average Bonchev–Trinajstić information content (AvgIpc) is 2.95. The number of aliphatic hydroxyl groups excluding tert-OH is 1. The molecular weight excluding hydrogens is 266 g/mol. The fourth-order valence-electron chi connectivity index (χ4n) is 2.63. The molecule has 1 fully saturated rings. The summed E-state index contributed by atoms with van der Waals surface area (Å²) in [5.41, 5.74) is 1.19. The Balaban J connectivity index is 1.71. The molecule has 116 valence electrons. The summed E-state index contributed by atoms with van der Waals surface area (Å²) >= 11 is 0. The van der Waals surface area contributed by atoms with Gasteiger partial charge in [0.05, 0.1) is 6.10 Å². The van der Waals surface area contributed by atoms with Crippen LogP contribution in [0.4, 0.5) is 10.5 Å². The molecule has 1 aliphatic rings. The molecule has 2 unspecified atom stereocenters. The quantitative estimate of drug-likeness (QED) is 0.748. The molecule has 21 heavy (non-hydrogen) atoms. The van der Waals surface area contributed by atoms with E-state index in [-0.39, 0.29) is 12.1 Å². The maximum absolute atomic E-state index is 11.8. The number of para-hydroxylation sites is 1. The van der Waals surface area contributed by atoms with Crippen molar-refractivity contribution < 1.29 is 9.90 Å². The molecule has 0 radical (unpaired) electrons. The highest BCUT2D eigenvalue weighted by Gasteiger charge is 2.23. The lowest BCUT2D eigenvalue weighted by molar-refractivity contribution is 0.160. The predicted octanol–water partition coefficient (Wildman–Crippen LogP) is 1.73. The smallest absolute Gasteiger partial charge is 0.315 e. The van der Waals surface area contributed by atoms with E-state index in [0.717, 1.165) is 25.9 Å². The largest absolute Gasteiger partial charge is 0.391 e. The highest BCUT2D eigenvalue weighted by molar-refractivity contribution is 5.74. The Morgan fingerprint density at radius 1 is 1.43 bits per heavy atom. The average molecular weight is 291 g/mol. The topological polar surface area (TPSA) is 64.6 Å². The molecule has 1 aliphatic heterocycles. The molecule has 5 heteroatoms. The molecule has 1 heterocycles. The minimum atomic E-state index is -0.454. The maximum Gasteiger partial charge on any atom is 0.315 e. The minimum Gasteiger partial charge on any atom is -0.391 e. The van der Waals surface area contributed by atoms with Crippen LogP contribution in [0.15, 0.2) is 30.3 Å². The second-order valence-electron chi connectivity index (χ2n) is 5.56. The van der Waals surface area contributed by atoms with Crippen LogP contribution in [-0.2, 0) is 0 Å². The van der Waals surface area contributed by atoms with Crippen LogP contribution in [0.5, 0.6) is 0 Å². The lowest BCUT2D eigenvalue weighted by Gasteiger charge is -2.19. The van der Waals surface area contributed by atoms with E-state index >= 15 is 0 Å². The number of hydrogen-bond donors (Lipinski definition) is 3. The third kappa shape index (κ3) is 4.93. The van der Waals surface area contributed by atoms with E-state index in [2.05, 4.69) is 27.7 Å². The highest BCUT2D eigenvalue weighted by Crippen LogP contribution is 2.19. The van der Waals surface area contributed by atoms with Crippen LogP contribution < -0.4 is 15.5 Å². The monoisotopic (exact) mass is 291 g/mol. The van der Waals surface area contributed by atoms with Crippen LogP contribution in [0.3, 0.4) is 0 Å². The van der Waals surface area contributed by atoms with Gasteiger partial charge >= 0.3 is 6.03 Å². The van der Waals surface area contributed by atoms with Crippen molar-refractivity contribution in [2.24, 2.45) is 0 Å². The summed E-state index contributed by atoms with van der Waals surface area (Å²) < 4.78 is 0. The van der Waals surface area contributed by atoms with Gasteiger partial charge in [0, 0.05) is 31.4 Å². The van der Waals surface area contributed by atoms with Gasteiger partial charge in [-0.15, -0.1) is 0 Å². The Hall–Kier alpha value is -1.75. The summed E-state index contributed by atoms with van der Waals surface area (Å²) in [6, 6.07) is 10.2. The van der Waals surface area contributed by atoms with Crippen molar-refractivity contribution in [3.05, 3.63) is 30.3 Å². The van der Waals surface area contributed by atoms with E-state index in [0.29, 0.717) is 13.0 Å². The van der Waals surface area contributed by atoms with E-state index in [1.165, 1.54) is 5.69 Å². The van der Waals surface area contributed by atoms with Gasteiger partial charge in [-0.25, -0.2) is 4.79 Å². The molecule has 5 nitrogen and oxygen atoms in total. The van der Waals surface area contributed by atoms with Crippen LogP contribution >= 0.6 is 0 Å². The number of amides is 2. The zero-order chi connectivity index (χ0) is 15.1. The van der Waals surface area contributed by atoms with Crippen LogP contribution in [0, 0.1) is 0 Å². The number of carbonyl (C=O) groups is 1. The first-order valence-corrected chi connectivity index (χ1v) is 7.71. The van der Waals surface area contributed by atoms with Gasteiger partial charge in [-0.2, -0.15) is 0 Å². The summed E-state index contributed by atoms with van der Waals surface area (Å²) in [5.74, 6) is 0. The Labute approximate surface area is 126 Å². The minimum absolute atomic E-state index is 0.161. The molecule has 0 aromatic heterocycles. The van der Waals surface area contributed by atoms with Gasteiger partial charge in [-0.3, -0.25) is 0 Å². The van der Waals surface area contributed by atoms with Crippen LogP contribution in [0.25, 0.3) is 0 Å². The van der Waals surface area contributed by atoms with Crippen molar-refractivity contribution in [3.63, 3.8) is 0 Å². The molecule has 0 aliphatic carbocycles. The van der Waals surface area contributed by atoms with E-state index in [1.807, 2.05) is 25.1 Å². The molecule has 0 saturated carbocycles. The molecule has 0 spiro atoms. The number of hydrogen-bond acceptors (Lipinski definition) is 3. The van der Waals surface area contributed by atoms with E-state index in [4.69, 9.17) is 0 Å². The lowest BCUT2D eigenvalue weighted by Crippen LogP contribution is -2.45. The maximum atomic E-state index is 11.8. The summed E-state index contributed by atoms with van der Waals surface area (Å²) in [7, 11) is 0. The molecule has 1 aromatic rings. The summed E-state index contributed by atoms with van der Waals surface area (Å²) in [5, 5.41) is 15.3. The molecule has 2 atom stereocenters. The Morgan fingerprint density at radius 2 is 2.19 bits per heavy atom. The van der Waals surface area contributed by atoms with Gasteiger partial charge in [0.1, 0.15) is 0 Å². The lowest BCUT2D eigenvalue weighted by atomic mass is 10.2. The van der Waals surface area contributed by atoms with E-state index in [9.17, 15) is 9.90 Å². The van der Waals surface area contributed by atoms with Crippen molar-refractivity contribution in [2.75, 3.05) is 24.5 Å². The standard InChI is InChI=1S/C16H25N3O2/c1-2-6-15(20)11-17-16(21)18-13-9-10-19(12-13)14-7-4-3-5-8-14/h3-5,7-8,13,15,20H,2,6,9-12H2,1H3,(H2,17,18,21). The van der Waals surface area contributed by atoms with Gasteiger partial charge in [0.15, 0.2) is 0 Å². The SMILES string of the molecule is CCCC(O)CNC(=O)NC1CCN(c2ccccc2)C1. The molecule has 0 bridgehead atoms. The highest BCUT2D eigenvalue weighted by atomic mass is 16.3. The zero-order valence-electron chi connectivity index (χ0n) is 12.6. The zero-order valence-corrected chi connectivity index (χ0v) is 12.6. The first kappa shape index (κ1) is 15.6. The molecule has 3 N–H and O–H groups in total. The predicted molar refractivity (Wildman–Crippen MR) is 84.5 cm³/mol. The second-order valence-corrected chi connectivity index (χ2v) is 5.56. The van der Waals surface area contributed by atoms with Crippen molar-refractivity contribution >= 4 is 11.7 Å². The van der Waals surface area contributed by atoms with Crippen LogP contribution in [0.2, 0.25) is 0 Å². The molecule has 2 amide bonds. The number of nitrogens with zero attached hydrogens (tertiary/aromatic N) is 1. The summed E-state index contributed by atoms with van der Waals surface area (Å²) in [4.78, 5) is 14.1. The molecular formula is C16H25N3O2. The number of rotatable bonds is 6. The van der Waals surface area contributed by atoms with Crippen LogP contribution in [-0.4, -0.2) is 42.9 Å². The second kappa shape index (κ2) is 7.88. The van der Waals surface area contributed by atoms with E-state index in [1.54, 1.807) is 0 Å². The number of benzene rings is 1. The van der Waals surface area contributed by atoms with Crippen molar-refractivity contribution in [2.45, 2.75) is 38.3 Å². The first-order chi connectivity index (χ1) is 10.2. The molecule has 1 aromatic carbocycles. The number of aliphatic hydroxyl groups is 1. The van der Waals surface area contributed by atoms with Crippen molar-refractivity contribution in [1.29, 1.82) is 0 Å². The Bertz CT molecular complexity index is 438. The number of urea groups is 1. The van der Waals surface area contributed by atoms with Gasteiger partial charge in [-0.05, 0) is 25.0 Å². The Morgan fingerprint density at radius 3 is 2.90 bits per heavy atom. The first-order valence-electron chi connectivity index (χ1n) is 7.71. The van der Waals surface area contributed by atoms with Gasteiger partial charge in [0.2, 0.25) is 0 Å². The van der Waals surface area contributed by atoms with Crippen molar-refractivity contribution in [1.82, 2.24) is 10.6 Å². The van der Waals surface area contributed by atoms with Gasteiger partial charge in [-0.1, -0.05) is 31.5 Å². The van der Waals surface area contributed by atoms with Gasteiger partial charge < -0.3 is 20.6 Å². The fourth-order valence-corrected chi connectivity index (χ4v) is 2.63. The van der Waals surface area contributed by atoms with E-state index < -0.39 is 6.10 Å². The molecule has 1 saturated heterocycles. The van der Waals surface area contributed by atoms with Crippen LogP contribution in [0.1, 0.15) is 26.2 Å². The third-order valence-electron chi connectivity index (χ3n) is 3.76. The normalized spacial score (nSPS) is 19.3. The van der Waals surface area contributed by atoms with Gasteiger partial charge in [0.25, 0.3) is 0 Å². The molecule has 2 rings (SSSR count). The number of carbonyl (C=O) groups excluding carboxylic acids is 1. The Kier molecular flexibility index (Phi) is 5.87. The summed E-state index contributed by atoms with van der Waals surface area (Å²) in [6.07, 6.45) is 2.12.